The van der Waals surface area contributed by atoms with Crippen molar-refractivity contribution >= 4 is 11.5 Å². The molecule has 0 aromatic carbocycles. The summed E-state index contributed by atoms with van der Waals surface area (Å²) in [5.74, 6) is 5.57. The normalized spacial score (nSPS) is 9.18. The third-order valence-corrected chi connectivity index (χ3v) is 1.34. The van der Waals surface area contributed by atoms with E-state index in [9.17, 15) is 0 Å². The molecule has 0 aliphatic heterocycles. The van der Waals surface area contributed by atoms with Crippen LogP contribution in [0.3, 0.4) is 0 Å². The average molecular weight is 150 g/mol. The Morgan fingerprint density at radius 3 is 2.91 bits per heavy atom. The van der Waals surface area contributed by atoms with E-state index in [-0.39, 0.29) is 0 Å². The Morgan fingerprint density at radius 2 is 2.36 bits per heavy atom. The summed E-state index contributed by atoms with van der Waals surface area (Å²) >= 11 is 0. The Morgan fingerprint density at radius 1 is 1.64 bits per heavy atom. The van der Waals surface area contributed by atoms with Gasteiger partial charge < -0.3 is 11.2 Å². The molecule has 0 amide bonds. The fourth-order valence-electron chi connectivity index (χ4n) is 0.750. The molecule has 0 atom stereocenters. The fourth-order valence-corrected chi connectivity index (χ4v) is 0.750. The van der Waals surface area contributed by atoms with Gasteiger partial charge in [0.05, 0.1) is 5.70 Å². The molecule has 0 radical (unpaired) electrons. The average Bonchev–Trinajstić information content (AvgIpc) is 2.04. The molecular formula is C7H10N4. The molecular weight excluding hydrogens is 140 g/mol. The first-order valence-corrected chi connectivity index (χ1v) is 3.12. The summed E-state index contributed by atoms with van der Waals surface area (Å²) in [6, 6.07) is 3.57. The minimum atomic E-state index is 0.426. The number of hydrogen-bond donors (Lipinski definition) is 3. The SMILES string of the molecule is C=C(NN)c1cccnc1N. The second-order valence-electron chi connectivity index (χ2n) is 2.06. The van der Waals surface area contributed by atoms with E-state index in [1.165, 1.54) is 0 Å². The van der Waals surface area contributed by atoms with Crippen molar-refractivity contribution in [1.82, 2.24) is 10.4 Å². The quantitative estimate of drug-likeness (QED) is 0.412. The van der Waals surface area contributed by atoms with Crippen molar-refractivity contribution in [3.8, 4) is 0 Å². The van der Waals surface area contributed by atoms with Crippen LogP contribution in [0.2, 0.25) is 0 Å². The highest BCUT2D eigenvalue weighted by atomic mass is 15.2. The zero-order valence-corrected chi connectivity index (χ0v) is 6.04. The van der Waals surface area contributed by atoms with E-state index in [0.717, 1.165) is 5.56 Å². The zero-order valence-electron chi connectivity index (χ0n) is 6.04. The van der Waals surface area contributed by atoms with Crippen LogP contribution in [0.25, 0.3) is 5.70 Å². The van der Waals surface area contributed by atoms with Crippen molar-refractivity contribution in [1.29, 1.82) is 0 Å². The van der Waals surface area contributed by atoms with Crippen LogP contribution in [0.1, 0.15) is 5.56 Å². The maximum atomic E-state index is 5.53. The molecule has 0 fully saturated rings. The number of anilines is 1. The van der Waals surface area contributed by atoms with Crippen LogP contribution < -0.4 is 17.0 Å². The summed E-state index contributed by atoms with van der Waals surface area (Å²) in [5, 5.41) is 0. The van der Waals surface area contributed by atoms with Crippen molar-refractivity contribution in [2.45, 2.75) is 0 Å². The Hall–Kier alpha value is -1.55. The van der Waals surface area contributed by atoms with E-state index in [4.69, 9.17) is 11.6 Å². The van der Waals surface area contributed by atoms with Crippen LogP contribution >= 0.6 is 0 Å². The van der Waals surface area contributed by atoms with E-state index >= 15 is 0 Å². The predicted molar refractivity (Wildman–Crippen MR) is 45.0 cm³/mol. The maximum absolute atomic E-state index is 5.53. The summed E-state index contributed by atoms with van der Waals surface area (Å²) < 4.78 is 0. The number of hydrazine groups is 1. The number of hydrogen-bond acceptors (Lipinski definition) is 4. The Labute approximate surface area is 64.9 Å². The molecule has 1 rings (SSSR count). The van der Waals surface area contributed by atoms with Crippen LogP contribution in [0, 0.1) is 0 Å². The predicted octanol–water partition coefficient (Wildman–Crippen LogP) is 0.0978. The number of pyridine rings is 1. The fraction of sp³-hybridized carbons (Fsp3) is 0. The lowest BCUT2D eigenvalue weighted by Crippen LogP contribution is -2.19. The summed E-state index contributed by atoms with van der Waals surface area (Å²) in [7, 11) is 0. The molecule has 0 spiro atoms. The molecule has 0 saturated heterocycles. The Kier molecular flexibility index (Phi) is 2.08. The van der Waals surface area contributed by atoms with Crippen LogP contribution in [0.4, 0.5) is 5.82 Å². The molecule has 4 nitrogen and oxygen atoms in total. The van der Waals surface area contributed by atoms with Gasteiger partial charge >= 0.3 is 0 Å². The van der Waals surface area contributed by atoms with E-state index < -0.39 is 0 Å². The van der Waals surface area contributed by atoms with E-state index in [2.05, 4.69) is 17.0 Å². The van der Waals surface area contributed by atoms with Crippen molar-refractivity contribution in [3.05, 3.63) is 30.5 Å². The highest BCUT2D eigenvalue weighted by Crippen LogP contribution is 2.13. The van der Waals surface area contributed by atoms with Gasteiger partial charge in [-0.15, -0.1) is 0 Å². The molecule has 0 bridgehead atoms. The molecule has 58 valence electrons. The van der Waals surface area contributed by atoms with Crippen LogP contribution in [0.5, 0.6) is 0 Å². The van der Waals surface area contributed by atoms with Gasteiger partial charge in [-0.2, -0.15) is 0 Å². The molecule has 4 heteroatoms. The van der Waals surface area contributed by atoms with Crippen molar-refractivity contribution in [2.24, 2.45) is 5.84 Å². The number of nitrogen functional groups attached to an aromatic ring is 1. The lowest BCUT2D eigenvalue weighted by Gasteiger charge is -2.05. The second-order valence-corrected chi connectivity index (χ2v) is 2.06. The van der Waals surface area contributed by atoms with Gasteiger partial charge in [-0.1, -0.05) is 6.58 Å². The first kappa shape index (κ1) is 7.56. The van der Waals surface area contributed by atoms with Crippen molar-refractivity contribution < 1.29 is 0 Å². The lowest BCUT2D eigenvalue weighted by atomic mass is 10.2. The van der Waals surface area contributed by atoms with Gasteiger partial charge in [0.25, 0.3) is 0 Å². The first-order chi connectivity index (χ1) is 5.25. The second kappa shape index (κ2) is 3.03. The van der Waals surface area contributed by atoms with Gasteiger partial charge in [0, 0.05) is 11.8 Å². The zero-order chi connectivity index (χ0) is 8.27. The van der Waals surface area contributed by atoms with E-state index in [0.29, 0.717) is 11.5 Å². The summed E-state index contributed by atoms with van der Waals surface area (Å²) in [6.07, 6.45) is 1.61. The van der Waals surface area contributed by atoms with Gasteiger partial charge in [-0.25, -0.2) is 4.98 Å². The van der Waals surface area contributed by atoms with Crippen molar-refractivity contribution in [2.75, 3.05) is 5.73 Å². The standard InChI is InChI=1S/C7H10N4/c1-5(11-9)6-3-2-4-10-7(6)8/h2-4,11H,1,9H2,(H2,8,10). The molecule has 0 saturated carbocycles. The molecule has 0 aliphatic carbocycles. The van der Waals surface area contributed by atoms with Crippen LogP contribution in [-0.2, 0) is 0 Å². The van der Waals surface area contributed by atoms with E-state index in [1.54, 1.807) is 18.3 Å². The number of rotatable bonds is 2. The van der Waals surface area contributed by atoms with Gasteiger partial charge in [0.15, 0.2) is 0 Å². The highest BCUT2D eigenvalue weighted by molar-refractivity contribution is 5.69. The number of aromatic nitrogens is 1. The minimum Gasteiger partial charge on any atom is -0.383 e. The number of nitrogens with one attached hydrogen (secondary N) is 1. The largest absolute Gasteiger partial charge is 0.383 e. The van der Waals surface area contributed by atoms with Crippen LogP contribution in [-0.4, -0.2) is 4.98 Å². The molecule has 5 N–H and O–H groups in total. The van der Waals surface area contributed by atoms with Gasteiger partial charge in [0.1, 0.15) is 5.82 Å². The van der Waals surface area contributed by atoms with Gasteiger partial charge in [0.2, 0.25) is 0 Å². The third-order valence-electron chi connectivity index (χ3n) is 1.34. The van der Waals surface area contributed by atoms with Crippen LogP contribution in [0.15, 0.2) is 24.9 Å². The molecule has 1 heterocycles. The van der Waals surface area contributed by atoms with Gasteiger partial charge in [-0.05, 0) is 12.1 Å². The third kappa shape index (κ3) is 1.47. The topological polar surface area (TPSA) is 77.0 Å². The molecule has 1 aromatic heterocycles. The minimum absolute atomic E-state index is 0.426. The summed E-state index contributed by atoms with van der Waals surface area (Å²) in [4.78, 5) is 3.87. The maximum Gasteiger partial charge on any atom is 0.132 e. The monoisotopic (exact) mass is 150 g/mol. The molecule has 1 aromatic rings. The summed E-state index contributed by atoms with van der Waals surface area (Å²) in [6.45, 7) is 3.65. The molecule has 11 heavy (non-hydrogen) atoms. The van der Waals surface area contributed by atoms with Gasteiger partial charge in [-0.3, -0.25) is 5.84 Å². The Balaban J connectivity index is 3.03. The first-order valence-electron chi connectivity index (χ1n) is 3.12. The molecule has 0 aliphatic rings. The highest BCUT2D eigenvalue weighted by Gasteiger charge is 2.00. The van der Waals surface area contributed by atoms with Crippen molar-refractivity contribution in [3.63, 3.8) is 0 Å². The number of nitrogens with two attached hydrogens (primary N) is 2. The van der Waals surface area contributed by atoms with E-state index in [1.807, 2.05) is 0 Å². The Bertz CT molecular complexity index is 269. The number of nitrogens with zero attached hydrogens (tertiary/aromatic N) is 1. The smallest absolute Gasteiger partial charge is 0.132 e. The summed E-state index contributed by atoms with van der Waals surface area (Å²) in [5.41, 5.74) is 9.23. The molecule has 0 unspecified atom stereocenters. The lowest BCUT2D eigenvalue weighted by molar-refractivity contribution is 0.993.